The third-order valence-electron chi connectivity index (χ3n) is 3.58. The molecule has 0 fully saturated rings. The fraction of sp³-hybridized carbons (Fsp3) is 0.333. The molecule has 3 nitrogen and oxygen atoms in total. The van der Waals surface area contributed by atoms with E-state index in [1.54, 1.807) is 11.3 Å². The smallest absolute Gasteiger partial charge is 0.0765 e. The van der Waals surface area contributed by atoms with Gasteiger partial charge in [-0.05, 0) is 43.5 Å². The minimum absolute atomic E-state index is 0.175. The van der Waals surface area contributed by atoms with Crippen molar-refractivity contribution in [3.05, 3.63) is 51.0 Å². The van der Waals surface area contributed by atoms with Crippen molar-refractivity contribution in [3.63, 3.8) is 0 Å². The molecule has 4 heteroatoms. The molecule has 1 aliphatic rings. The molecule has 0 radical (unpaired) electrons. The van der Waals surface area contributed by atoms with Crippen LogP contribution in [0.5, 0.6) is 0 Å². The van der Waals surface area contributed by atoms with Crippen LogP contribution in [0.4, 0.5) is 0 Å². The zero-order chi connectivity index (χ0) is 13.4. The highest BCUT2D eigenvalue weighted by Gasteiger charge is 2.25. The van der Waals surface area contributed by atoms with Gasteiger partial charge in [0, 0.05) is 28.2 Å². The fourth-order valence-electron chi connectivity index (χ4n) is 2.59. The molecular weight excluding hydrogens is 254 g/mol. The van der Waals surface area contributed by atoms with Gasteiger partial charge >= 0.3 is 0 Å². The van der Waals surface area contributed by atoms with E-state index in [9.17, 15) is 0 Å². The Morgan fingerprint density at radius 3 is 3.11 bits per heavy atom. The zero-order valence-corrected chi connectivity index (χ0v) is 12.0. The summed E-state index contributed by atoms with van der Waals surface area (Å²) in [4.78, 5) is 6.89. The molecule has 19 heavy (non-hydrogen) atoms. The number of nitrogens with zero attached hydrogens (tertiary/aromatic N) is 1. The van der Waals surface area contributed by atoms with Gasteiger partial charge in [-0.1, -0.05) is 6.07 Å². The lowest BCUT2D eigenvalue weighted by molar-refractivity contribution is 0.552. The fourth-order valence-corrected chi connectivity index (χ4v) is 3.56. The van der Waals surface area contributed by atoms with Crippen LogP contribution < -0.4 is 5.32 Å². The van der Waals surface area contributed by atoms with Crippen molar-refractivity contribution in [1.82, 2.24) is 10.3 Å². The molecular formula is C15H17N3S. The summed E-state index contributed by atoms with van der Waals surface area (Å²) in [5, 5.41) is 11.3. The molecule has 98 valence electrons. The van der Waals surface area contributed by atoms with Crippen LogP contribution in [-0.4, -0.2) is 17.2 Å². The van der Waals surface area contributed by atoms with E-state index in [4.69, 9.17) is 5.41 Å². The Bertz CT molecular complexity index is 630. The molecule has 0 saturated carbocycles. The number of aromatic nitrogens is 1. The highest BCUT2D eigenvalue weighted by Crippen LogP contribution is 2.33. The Morgan fingerprint density at radius 1 is 1.53 bits per heavy atom. The summed E-state index contributed by atoms with van der Waals surface area (Å²) in [6.45, 7) is 4.96. The van der Waals surface area contributed by atoms with Gasteiger partial charge in [0.25, 0.3) is 0 Å². The number of hydrogen-bond acceptors (Lipinski definition) is 4. The van der Waals surface area contributed by atoms with Crippen molar-refractivity contribution < 1.29 is 0 Å². The lowest BCUT2D eigenvalue weighted by Gasteiger charge is -2.25. The van der Waals surface area contributed by atoms with Crippen LogP contribution in [-0.2, 0) is 6.42 Å². The second-order valence-corrected chi connectivity index (χ2v) is 6.19. The van der Waals surface area contributed by atoms with E-state index in [2.05, 4.69) is 29.4 Å². The first-order chi connectivity index (χ1) is 9.16. The zero-order valence-electron chi connectivity index (χ0n) is 11.2. The Kier molecular flexibility index (Phi) is 3.21. The summed E-state index contributed by atoms with van der Waals surface area (Å²) in [5.74, 6) is 0. The van der Waals surface area contributed by atoms with Crippen LogP contribution in [0.2, 0.25) is 0 Å². The summed E-state index contributed by atoms with van der Waals surface area (Å²) in [7, 11) is 0. The average Bonchev–Trinajstić information content (AvgIpc) is 2.80. The van der Waals surface area contributed by atoms with Gasteiger partial charge in [0.1, 0.15) is 0 Å². The number of rotatable bonds is 2. The molecule has 2 aromatic heterocycles. The molecule has 0 aromatic carbocycles. The SMILES string of the molecule is CC(=N)c1cc(C2NCCc3cccnc32)c(C)s1. The Morgan fingerprint density at radius 2 is 2.37 bits per heavy atom. The van der Waals surface area contributed by atoms with E-state index < -0.39 is 0 Å². The maximum atomic E-state index is 7.78. The van der Waals surface area contributed by atoms with E-state index in [1.165, 1.54) is 16.0 Å². The number of hydrogen-bond donors (Lipinski definition) is 2. The molecule has 3 rings (SSSR count). The van der Waals surface area contributed by atoms with Crippen molar-refractivity contribution in [2.24, 2.45) is 0 Å². The number of pyridine rings is 1. The van der Waals surface area contributed by atoms with Crippen LogP contribution in [0.15, 0.2) is 24.4 Å². The number of fused-ring (bicyclic) bond motifs is 1. The minimum atomic E-state index is 0.175. The third-order valence-corrected chi connectivity index (χ3v) is 4.76. The van der Waals surface area contributed by atoms with Gasteiger partial charge in [0.2, 0.25) is 0 Å². The first-order valence-corrected chi connectivity index (χ1v) is 7.31. The number of nitrogens with one attached hydrogen (secondary N) is 2. The third kappa shape index (κ3) is 2.22. The summed E-state index contributed by atoms with van der Waals surface area (Å²) in [5.41, 5.74) is 4.39. The normalized spacial score (nSPS) is 18.1. The topological polar surface area (TPSA) is 48.8 Å². The van der Waals surface area contributed by atoms with Crippen LogP contribution in [0.3, 0.4) is 0 Å². The molecule has 0 amide bonds. The second-order valence-electron chi connectivity index (χ2n) is 4.93. The monoisotopic (exact) mass is 271 g/mol. The van der Waals surface area contributed by atoms with Gasteiger partial charge in [-0.3, -0.25) is 4.98 Å². The number of aryl methyl sites for hydroxylation is 1. The van der Waals surface area contributed by atoms with Gasteiger partial charge in [-0.2, -0.15) is 0 Å². The molecule has 3 heterocycles. The summed E-state index contributed by atoms with van der Waals surface area (Å²) in [6, 6.07) is 6.49. The highest BCUT2D eigenvalue weighted by atomic mass is 32.1. The summed E-state index contributed by atoms with van der Waals surface area (Å²) < 4.78 is 0. The predicted molar refractivity (Wildman–Crippen MR) is 79.3 cm³/mol. The summed E-state index contributed by atoms with van der Waals surface area (Å²) in [6.07, 6.45) is 2.91. The van der Waals surface area contributed by atoms with Gasteiger partial charge in [-0.25, -0.2) is 0 Å². The van der Waals surface area contributed by atoms with Crippen molar-refractivity contribution in [2.45, 2.75) is 26.3 Å². The summed E-state index contributed by atoms with van der Waals surface area (Å²) >= 11 is 1.70. The predicted octanol–water partition coefficient (Wildman–Crippen LogP) is 3.07. The first kappa shape index (κ1) is 12.5. The lowest BCUT2D eigenvalue weighted by atomic mass is 9.94. The Hall–Kier alpha value is -1.52. The lowest BCUT2D eigenvalue weighted by Crippen LogP contribution is -2.31. The highest BCUT2D eigenvalue weighted by molar-refractivity contribution is 7.14. The van der Waals surface area contributed by atoms with Crippen molar-refractivity contribution in [2.75, 3.05) is 6.54 Å². The Labute approximate surface area is 117 Å². The van der Waals surface area contributed by atoms with Crippen molar-refractivity contribution in [1.29, 1.82) is 5.41 Å². The molecule has 1 aliphatic heterocycles. The average molecular weight is 271 g/mol. The molecule has 0 bridgehead atoms. The molecule has 0 aliphatic carbocycles. The molecule has 2 aromatic rings. The van der Waals surface area contributed by atoms with E-state index in [0.29, 0.717) is 5.71 Å². The first-order valence-electron chi connectivity index (χ1n) is 6.50. The Balaban J connectivity index is 2.06. The second kappa shape index (κ2) is 4.87. The maximum absolute atomic E-state index is 7.78. The maximum Gasteiger partial charge on any atom is 0.0765 e. The largest absolute Gasteiger partial charge is 0.305 e. The van der Waals surface area contributed by atoms with Gasteiger partial charge in [0.05, 0.1) is 11.7 Å². The van der Waals surface area contributed by atoms with Crippen LogP contribution in [0, 0.1) is 12.3 Å². The quantitative estimate of drug-likeness (QED) is 0.825. The van der Waals surface area contributed by atoms with Crippen molar-refractivity contribution >= 4 is 17.0 Å². The van der Waals surface area contributed by atoms with Crippen LogP contribution >= 0.6 is 11.3 Å². The number of thiophene rings is 1. The van der Waals surface area contributed by atoms with E-state index in [1.807, 2.05) is 19.2 Å². The standard InChI is InChI=1S/C15H17N3S/c1-9(16)13-8-12(10(2)19-13)15-14-11(5-7-18-15)4-3-6-17-14/h3-4,6,8,15-16,18H,5,7H2,1-2H3. The minimum Gasteiger partial charge on any atom is -0.305 e. The van der Waals surface area contributed by atoms with Crippen LogP contribution in [0.25, 0.3) is 0 Å². The van der Waals surface area contributed by atoms with E-state index >= 15 is 0 Å². The molecule has 0 spiro atoms. The van der Waals surface area contributed by atoms with Crippen molar-refractivity contribution in [3.8, 4) is 0 Å². The van der Waals surface area contributed by atoms with E-state index in [-0.39, 0.29) is 6.04 Å². The van der Waals surface area contributed by atoms with Crippen LogP contribution in [0.1, 0.15) is 39.5 Å². The van der Waals surface area contributed by atoms with E-state index in [0.717, 1.165) is 23.5 Å². The van der Waals surface area contributed by atoms with Gasteiger partial charge in [-0.15, -0.1) is 11.3 Å². The molecule has 2 N–H and O–H groups in total. The van der Waals surface area contributed by atoms with Gasteiger partial charge in [0.15, 0.2) is 0 Å². The molecule has 1 atom stereocenters. The molecule has 1 unspecified atom stereocenters. The molecule has 0 saturated heterocycles. The van der Waals surface area contributed by atoms with Gasteiger partial charge < -0.3 is 10.7 Å².